The van der Waals surface area contributed by atoms with E-state index in [1.54, 1.807) is 0 Å². The Balaban J connectivity index is 1.78. The van der Waals surface area contributed by atoms with Crippen LogP contribution in [0.15, 0.2) is 11.6 Å². The summed E-state index contributed by atoms with van der Waals surface area (Å²) in [6, 6.07) is 0. The monoisotopic (exact) mass is 262 g/mol. The van der Waals surface area contributed by atoms with Crippen molar-refractivity contribution in [3.8, 4) is 0 Å². The average molecular weight is 262 g/mol. The third-order valence-electron chi connectivity index (χ3n) is 5.83. The topological polar surface area (TPSA) is 37.3 Å². The van der Waals surface area contributed by atoms with Crippen LogP contribution in [0.3, 0.4) is 0 Å². The first-order chi connectivity index (χ1) is 9.17. The first-order valence-corrected chi connectivity index (χ1v) is 8.10. The Kier molecular flexibility index (Phi) is 3.44. The van der Waals surface area contributed by atoms with Gasteiger partial charge in [-0.25, -0.2) is 0 Å². The van der Waals surface area contributed by atoms with Gasteiger partial charge in [0.25, 0.3) is 0 Å². The molecule has 19 heavy (non-hydrogen) atoms. The van der Waals surface area contributed by atoms with Gasteiger partial charge in [0.05, 0.1) is 5.41 Å². The predicted octanol–water partition coefficient (Wildman–Crippen LogP) is 4.69. The van der Waals surface area contributed by atoms with Crippen molar-refractivity contribution in [2.45, 2.75) is 77.0 Å². The van der Waals surface area contributed by atoms with Gasteiger partial charge in [0, 0.05) is 0 Å². The molecule has 2 heteroatoms. The molecule has 0 heterocycles. The van der Waals surface area contributed by atoms with Crippen molar-refractivity contribution >= 4 is 5.97 Å². The van der Waals surface area contributed by atoms with E-state index in [2.05, 4.69) is 6.08 Å². The zero-order valence-electron chi connectivity index (χ0n) is 11.9. The van der Waals surface area contributed by atoms with Crippen LogP contribution in [0, 0.1) is 10.8 Å². The third kappa shape index (κ3) is 2.23. The summed E-state index contributed by atoms with van der Waals surface area (Å²) in [7, 11) is 0. The van der Waals surface area contributed by atoms with Crippen molar-refractivity contribution in [2.75, 3.05) is 0 Å². The maximum Gasteiger partial charge on any atom is 0.313 e. The number of allylic oxidation sites excluding steroid dienone is 1. The van der Waals surface area contributed by atoms with Gasteiger partial charge >= 0.3 is 5.97 Å². The number of carboxylic acid groups (broad SMARTS) is 1. The fourth-order valence-corrected chi connectivity index (χ4v) is 4.85. The van der Waals surface area contributed by atoms with Crippen LogP contribution in [-0.4, -0.2) is 11.1 Å². The van der Waals surface area contributed by atoms with Crippen LogP contribution >= 0.6 is 0 Å². The minimum Gasteiger partial charge on any atom is -0.481 e. The van der Waals surface area contributed by atoms with E-state index in [1.807, 2.05) is 0 Å². The lowest BCUT2D eigenvalue weighted by molar-refractivity contribution is -0.162. The Bertz CT molecular complexity index is 378. The number of aliphatic carboxylic acids is 1. The van der Waals surface area contributed by atoms with Gasteiger partial charge in [0.1, 0.15) is 0 Å². The molecular weight excluding hydrogens is 236 g/mol. The lowest BCUT2D eigenvalue weighted by atomic mass is 9.47. The third-order valence-corrected chi connectivity index (χ3v) is 5.83. The quantitative estimate of drug-likeness (QED) is 0.733. The summed E-state index contributed by atoms with van der Waals surface area (Å²) < 4.78 is 0. The van der Waals surface area contributed by atoms with E-state index < -0.39 is 11.4 Å². The van der Waals surface area contributed by atoms with Crippen molar-refractivity contribution in [1.82, 2.24) is 0 Å². The van der Waals surface area contributed by atoms with Crippen LogP contribution in [0.2, 0.25) is 0 Å². The number of rotatable bonds is 2. The predicted molar refractivity (Wildman–Crippen MR) is 76.0 cm³/mol. The molecule has 0 amide bonds. The van der Waals surface area contributed by atoms with E-state index in [-0.39, 0.29) is 0 Å². The standard InChI is InChI=1S/C17H26O2/c18-15(19)17(14-8-4-3-5-9-14)12-16(13-17)10-6-1-2-7-11-16/h8H,1-7,9-13H2,(H,18,19). The Morgan fingerprint density at radius 1 is 1.00 bits per heavy atom. The van der Waals surface area contributed by atoms with Gasteiger partial charge < -0.3 is 5.11 Å². The van der Waals surface area contributed by atoms with Gasteiger partial charge in [0.15, 0.2) is 0 Å². The lowest BCUT2D eigenvalue weighted by Gasteiger charge is -2.56. The molecule has 0 aliphatic heterocycles. The van der Waals surface area contributed by atoms with Gasteiger partial charge in [-0.2, -0.15) is 0 Å². The molecule has 0 unspecified atom stereocenters. The zero-order chi connectivity index (χ0) is 13.3. The van der Waals surface area contributed by atoms with E-state index in [4.69, 9.17) is 0 Å². The second-order valence-corrected chi connectivity index (χ2v) is 7.13. The molecule has 3 aliphatic carbocycles. The molecule has 2 saturated carbocycles. The maximum absolute atomic E-state index is 11.9. The molecule has 3 rings (SSSR count). The summed E-state index contributed by atoms with van der Waals surface area (Å²) >= 11 is 0. The van der Waals surface area contributed by atoms with Crippen molar-refractivity contribution in [2.24, 2.45) is 10.8 Å². The highest BCUT2D eigenvalue weighted by Gasteiger charge is 2.59. The van der Waals surface area contributed by atoms with E-state index in [9.17, 15) is 9.90 Å². The summed E-state index contributed by atoms with van der Waals surface area (Å²) in [6.45, 7) is 0. The Morgan fingerprint density at radius 3 is 2.21 bits per heavy atom. The summed E-state index contributed by atoms with van der Waals surface area (Å²) in [5, 5.41) is 9.78. The van der Waals surface area contributed by atoms with Crippen LogP contribution in [-0.2, 0) is 4.79 Å². The number of hydrogen-bond donors (Lipinski definition) is 1. The van der Waals surface area contributed by atoms with E-state index >= 15 is 0 Å². The zero-order valence-corrected chi connectivity index (χ0v) is 11.9. The number of carboxylic acids is 1. The SMILES string of the molecule is O=C(O)C1(C2=CCCCC2)CC2(CCCCCC2)C1. The van der Waals surface area contributed by atoms with Gasteiger partial charge in [-0.3, -0.25) is 4.79 Å². The van der Waals surface area contributed by atoms with Crippen LogP contribution in [0.4, 0.5) is 0 Å². The molecule has 0 bridgehead atoms. The number of hydrogen-bond acceptors (Lipinski definition) is 1. The van der Waals surface area contributed by atoms with Gasteiger partial charge in [-0.15, -0.1) is 0 Å². The normalized spacial score (nSPS) is 29.2. The van der Waals surface area contributed by atoms with Crippen molar-refractivity contribution < 1.29 is 9.90 Å². The van der Waals surface area contributed by atoms with E-state index in [1.165, 1.54) is 56.9 Å². The van der Waals surface area contributed by atoms with Crippen LogP contribution < -0.4 is 0 Å². The van der Waals surface area contributed by atoms with Gasteiger partial charge in [-0.05, 0) is 56.8 Å². The largest absolute Gasteiger partial charge is 0.481 e. The molecule has 2 nitrogen and oxygen atoms in total. The molecular formula is C17H26O2. The molecule has 2 fully saturated rings. The molecule has 0 saturated heterocycles. The first-order valence-electron chi connectivity index (χ1n) is 8.10. The summed E-state index contributed by atoms with van der Waals surface area (Å²) in [5.74, 6) is -0.546. The first kappa shape index (κ1) is 13.2. The number of carbonyl (C=O) groups is 1. The Labute approximate surface area is 116 Å². The smallest absolute Gasteiger partial charge is 0.313 e. The molecule has 0 aromatic carbocycles. The summed E-state index contributed by atoms with van der Waals surface area (Å²) in [4.78, 5) is 11.9. The fraction of sp³-hybridized carbons (Fsp3) is 0.824. The van der Waals surface area contributed by atoms with E-state index in [0.29, 0.717) is 5.41 Å². The van der Waals surface area contributed by atoms with E-state index in [0.717, 1.165) is 25.7 Å². The molecule has 0 radical (unpaired) electrons. The average Bonchev–Trinajstić information content (AvgIpc) is 2.62. The second kappa shape index (κ2) is 4.96. The molecule has 0 aromatic rings. The summed E-state index contributed by atoms with van der Waals surface area (Å²) in [5.41, 5.74) is 1.18. The van der Waals surface area contributed by atoms with Crippen LogP contribution in [0.25, 0.3) is 0 Å². The maximum atomic E-state index is 11.9. The van der Waals surface area contributed by atoms with Crippen molar-refractivity contribution in [3.63, 3.8) is 0 Å². The highest BCUT2D eigenvalue weighted by molar-refractivity contribution is 5.80. The van der Waals surface area contributed by atoms with Crippen molar-refractivity contribution in [3.05, 3.63) is 11.6 Å². The summed E-state index contributed by atoms with van der Waals surface area (Å²) in [6.07, 6.45) is 16.5. The highest BCUT2D eigenvalue weighted by Crippen LogP contribution is 2.64. The van der Waals surface area contributed by atoms with Gasteiger partial charge in [0.2, 0.25) is 0 Å². The molecule has 1 spiro atoms. The second-order valence-electron chi connectivity index (χ2n) is 7.13. The fourth-order valence-electron chi connectivity index (χ4n) is 4.85. The highest BCUT2D eigenvalue weighted by atomic mass is 16.4. The minimum absolute atomic E-state index is 0.382. The van der Waals surface area contributed by atoms with Crippen LogP contribution in [0.5, 0.6) is 0 Å². The Morgan fingerprint density at radius 2 is 1.68 bits per heavy atom. The minimum atomic E-state index is -0.546. The lowest BCUT2D eigenvalue weighted by Crippen LogP contribution is -2.52. The Hall–Kier alpha value is -0.790. The van der Waals surface area contributed by atoms with Crippen molar-refractivity contribution in [1.29, 1.82) is 0 Å². The molecule has 0 aromatic heterocycles. The van der Waals surface area contributed by atoms with Gasteiger partial charge in [-0.1, -0.05) is 37.3 Å². The molecule has 1 N–H and O–H groups in total. The van der Waals surface area contributed by atoms with Crippen LogP contribution in [0.1, 0.15) is 77.0 Å². The molecule has 3 aliphatic rings. The molecule has 0 atom stereocenters. The molecule has 106 valence electrons.